The number of halogens is 5. The van der Waals surface area contributed by atoms with E-state index in [4.69, 9.17) is 23.2 Å². The lowest BCUT2D eigenvalue weighted by Gasteiger charge is -2.18. The van der Waals surface area contributed by atoms with Crippen molar-refractivity contribution in [3.63, 3.8) is 0 Å². The van der Waals surface area contributed by atoms with Gasteiger partial charge in [-0.3, -0.25) is 4.79 Å². The molecule has 0 saturated carbocycles. The summed E-state index contributed by atoms with van der Waals surface area (Å²) in [7, 11) is 0. The van der Waals surface area contributed by atoms with E-state index in [-0.39, 0.29) is 23.1 Å². The Hall–Kier alpha value is -3.56. The highest BCUT2D eigenvalue weighted by atomic mass is 35.5. The van der Waals surface area contributed by atoms with E-state index in [2.05, 4.69) is 10.2 Å². The lowest BCUT2D eigenvalue weighted by Crippen LogP contribution is -2.34. The number of nitrogens with one attached hydrogen (secondary N) is 1. The van der Waals surface area contributed by atoms with Gasteiger partial charge in [0.1, 0.15) is 0 Å². The monoisotopic (exact) mass is 532 g/mol. The molecule has 6 nitrogen and oxygen atoms in total. The van der Waals surface area contributed by atoms with Crippen molar-refractivity contribution in [2.24, 2.45) is 0 Å². The Balaban J connectivity index is 1.76. The van der Waals surface area contributed by atoms with Crippen LogP contribution in [0, 0.1) is 0 Å². The molecule has 5 rings (SSSR count). The Morgan fingerprint density at radius 1 is 1.03 bits per heavy atom. The zero-order valence-corrected chi connectivity index (χ0v) is 19.9. The van der Waals surface area contributed by atoms with Crippen LogP contribution in [0.25, 0.3) is 22.3 Å². The Kier molecular flexibility index (Phi) is 6.13. The van der Waals surface area contributed by atoms with Crippen LogP contribution in [-0.2, 0) is 12.7 Å². The first-order valence-corrected chi connectivity index (χ1v) is 11.6. The predicted molar refractivity (Wildman–Crippen MR) is 132 cm³/mol. The van der Waals surface area contributed by atoms with E-state index < -0.39 is 23.0 Å². The van der Waals surface area contributed by atoms with Crippen LogP contribution in [0.5, 0.6) is 0 Å². The van der Waals surface area contributed by atoms with Crippen molar-refractivity contribution in [1.82, 2.24) is 19.4 Å². The van der Waals surface area contributed by atoms with Crippen molar-refractivity contribution in [2.45, 2.75) is 24.5 Å². The number of nitrogens with zero attached hydrogens (tertiary/aromatic N) is 3. The molecule has 1 unspecified atom stereocenters. The SMILES string of the molecule is O=c1c(-c2ccc(Cl)cc2)c(C2=CCC(Cl)C=C2)c2n[nH]c(=O)n2n1Cc1ccc(C(F)(F)F)cc1. The fourth-order valence-electron chi connectivity index (χ4n) is 4.17. The smallest absolute Gasteiger partial charge is 0.267 e. The molecular formula is C25H17Cl2F3N4O2. The molecule has 2 aromatic carbocycles. The second kappa shape index (κ2) is 9.15. The number of rotatable bonds is 4. The first-order valence-electron chi connectivity index (χ1n) is 10.8. The van der Waals surface area contributed by atoms with Crippen LogP contribution in [0.15, 0.2) is 76.3 Å². The van der Waals surface area contributed by atoms with Crippen LogP contribution in [0.3, 0.4) is 0 Å². The molecule has 0 spiro atoms. The second-order valence-corrected chi connectivity index (χ2v) is 9.25. The predicted octanol–water partition coefficient (Wildman–Crippen LogP) is 5.52. The summed E-state index contributed by atoms with van der Waals surface area (Å²) in [5, 5.41) is 6.85. The normalized spacial score (nSPS) is 15.9. The molecule has 0 fully saturated rings. The number of fused-ring (bicyclic) bond motifs is 1. The summed E-state index contributed by atoms with van der Waals surface area (Å²) in [5.74, 6) is 0. The van der Waals surface area contributed by atoms with Gasteiger partial charge >= 0.3 is 11.9 Å². The largest absolute Gasteiger partial charge is 0.416 e. The van der Waals surface area contributed by atoms with Gasteiger partial charge in [-0.05, 0) is 47.4 Å². The van der Waals surface area contributed by atoms with Gasteiger partial charge < -0.3 is 0 Å². The highest BCUT2D eigenvalue weighted by Crippen LogP contribution is 2.33. The Morgan fingerprint density at radius 3 is 2.33 bits per heavy atom. The molecule has 4 aromatic rings. The Bertz CT molecular complexity index is 1630. The van der Waals surface area contributed by atoms with Crippen molar-refractivity contribution in [3.05, 3.63) is 109 Å². The van der Waals surface area contributed by atoms with Crippen molar-refractivity contribution < 1.29 is 13.2 Å². The number of allylic oxidation sites excluding steroid dienone is 4. The molecule has 1 aliphatic carbocycles. The molecule has 1 atom stereocenters. The number of aromatic amines is 1. The van der Waals surface area contributed by atoms with Crippen LogP contribution < -0.4 is 11.2 Å². The van der Waals surface area contributed by atoms with Crippen molar-refractivity contribution in [2.75, 3.05) is 0 Å². The van der Waals surface area contributed by atoms with E-state index in [0.29, 0.717) is 33.7 Å². The standard InChI is InChI=1S/C25H17Cl2F3N4O2/c26-18-9-3-15(4-10-18)20-21(16-5-11-19(27)12-6-16)23(35)33(34-22(20)31-32-24(34)36)13-14-1-7-17(8-2-14)25(28,29)30/h1-9,11-12,18H,10,13H2,(H,32,36). The molecule has 36 heavy (non-hydrogen) atoms. The molecule has 0 amide bonds. The Labute approximate surface area is 211 Å². The minimum Gasteiger partial charge on any atom is -0.267 e. The second-order valence-electron chi connectivity index (χ2n) is 8.25. The zero-order chi connectivity index (χ0) is 25.6. The number of benzene rings is 2. The highest BCUT2D eigenvalue weighted by Gasteiger charge is 2.30. The van der Waals surface area contributed by atoms with E-state index in [1.54, 1.807) is 36.4 Å². The fraction of sp³-hybridized carbons (Fsp3) is 0.160. The number of hydrogen-bond acceptors (Lipinski definition) is 3. The lowest BCUT2D eigenvalue weighted by atomic mass is 9.93. The topological polar surface area (TPSA) is 72.2 Å². The molecule has 0 aliphatic heterocycles. The van der Waals surface area contributed by atoms with Gasteiger partial charge in [0.2, 0.25) is 0 Å². The van der Waals surface area contributed by atoms with Crippen molar-refractivity contribution in [1.29, 1.82) is 0 Å². The molecule has 1 aliphatic rings. The summed E-state index contributed by atoms with van der Waals surface area (Å²) in [6, 6.07) is 11.1. The maximum Gasteiger partial charge on any atom is 0.416 e. The summed E-state index contributed by atoms with van der Waals surface area (Å²) >= 11 is 12.3. The third-order valence-electron chi connectivity index (χ3n) is 5.90. The van der Waals surface area contributed by atoms with Gasteiger partial charge in [0.05, 0.1) is 23.0 Å². The van der Waals surface area contributed by atoms with Gasteiger partial charge in [-0.2, -0.15) is 22.8 Å². The minimum absolute atomic E-state index is 0.160. The molecule has 0 radical (unpaired) electrons. The number of aromatic nitrogens is 4. The fourth-order valence-corrected chi connectivity index (χ4v) is 4.46. The van der Waals surface area contributed by atoms with Crippen LogP contribution >= 0.6 is 23.2 Å². The summed E-state index contributed by atoms with van der Waals surface area (Å²) in [6.07, 6.45) is 1.46. The van der Waals surface area contributed by atoms with Gasteiger partial charge in [-0.15, -0.1) is 11.6 Å². The molecule has 2 aromatic heterocycles. The lowest BCUT2D eigenvalue weighted by molar-refractivity contribution is -0.137. The first-order chi connectivity index (χ1) is 17.1. The summed E-state index contributed by atoms with van der Waals surface area (Å²) < 4.78 is 41.3. The summed E-state index contributed by atoms with van der Waals surface area (Å²) in [4.78, 5) is 26.7. The van der Waals surface area contributed by atoms with E-state index in [1.807, 2.05) is 6.08 Å². The van der Waals surface area contributed by atoms with Crippen molar-refractivity contribution in [3.8, 4) is 11.1 Å². The van der Waals surface area contributed by atoms with Crippen molar-refractivity contribution >= 4 is 34.4 Å². The minimum atomic E-state index is -4.49. The van der Waals surface area contributed by atoms with Gasteiger partial charge in [-0.1, -0.05) is 54.1 Å². The third kappa shape index (κ3) is 4.40. The van der Waals surface area contributed by atoms with Gasteiger partial charge in [0.25, 0.3) is 5.56 Å². The van der Waals surface area contributed by atoms with Gasteiger partial charge in [0.15, 0.2) is 5.65 Å². The highest BCUT2D eigenvalue weighted by molar-refractivity contribution is 6.30. The van der Waals surface area contributed by atoms with Crippen LogP contribution in [0.2, 0.25) is 5.02 Å². The molecule has 184 valence electrons. The number of H-pyrrole nitrogens is 1. The number of hydrogen-bond donors (Lipinski definition) is 1. The van der Waals surface area contributed by atoms with Gasteiger partial charge in [-0.25, -0.2) is 14.6 Å². The molecular weight excluding hydrogens is 516 g/mol. The molecule has 0 saturated heterocycles. The van der Waals surface area contributed by atoms with E-state index >= 15 is 0 Å². The van der Waals surface area contributed by atoms with E-state index in [0.717, 1.165) is 21.3 Å². The molecule has 11 heteroatoms. The van der Waals surface area contributed by atoms with Crippen LogP contribution in [-0.4, -0.2) is 24.8 Å². The Morgan fingerprint density at radius 2 is 1.72 bits per heavy atom. The number of alkyl halides is 4. The summed E-state index contributed by atoms with van der Waals surface area (Å²) in [5.41, 5.74) is 0.518. The van der Waals surface area contributed by atoms with E-state index in [1.165, 1.54) is 12.1 Å². The summed E-state index contributed by atoms with van der Waals surface area (Å²) in [6.45, 7) is -0.160. The quantitative estimate of drug-likeness (QED) is 0.351. The van der Waals surface area contributed by atoms with E-state index in [9.17, 15) is 22.8 Å². The first kappa shape index (κ1) is 24.1. The van der Waals surface area contributed by atoms with Gasteiger partial charge in [0, 0.05) is 10.6 Å². The maximum atomic E-state index is 13.9. The molecule has 0 bridgehead atoms. The average molecular weight is 533 g/mol. The molecule has 2 heterocycles. The average Bonchev–Trinajstić information content (AvgIpc) is 3.23. The van der Waals surface area contributed by atoms with Crippen LogP contribution in [0.1, 0.15) is 23.1 Å². The van der Waals surface area contributed by atoms with Crippen LogP contribution in [0.4, 0.5) is 13.2 Å². The zero-order valence-electron chi connectivity index (χ0n) is 18.4. The maximum absolute atomic E-state index is 13.9. The third-order valence-corrected chi connectivity index (χ3v) is 6.47. The molecule has 1 N–H and O–H groups in total.